The number of ketones is 2. The first-order valence-electron chi connectivity index (χ1n) is 13.8. The van der Waals surface area contributed by atoms with Crippen molar-refractivity contribution in [1.29, 1.82) is 5.26 Å². The van der Waals surface area contributed by atoms with Crippen LogP contribution in [0.15, 0.2) is 103 Å². The van der Waals surface area contributed by atoms with Gasteiger partial charge in [-0.05, 0) is 65.2 Å². The van der Waals surface area contributed by atoms with E-state index < -0.39 is 23.4 Å². The van der Waals surface area contributed by atoms with Gasteiger partial charge in [-0.3, -0.25) is 14.4 Å². The molecule has 1 fully saturated rings. The van der Waals surface area contributed by atoms with Crippen LogP contribution in [0.4, 0.5) is 5.69 Å². The molecule has 3 aliphatic rings. The maximum atomic E-state index is 14.8. The van der Waals surface area contributed by atoms with E-state index in [0.29, 0.717) is 21.8 Å². The minimum absolute atomic E-state index is 0.228. The van der Waals surface area contributed by atoms with Crippen molar-refractivity contribution in [2.75, 3.05) is 11.9 Å². The number of para-hydroxylation sites is 2. The zero-order valence-corrected chi connectivity index (χ0v) is 23.5. The summed E-state index contributed by atoms with van der Waals surface area (Å²) in [6.45, 7) is -0.249. The van der Waals surface area contributed by atoms with Crippen molar-refractivity contribution >= 4 is 40.8 Å². The first-order valence-corrected chi connectivity index (χ1v) is 14.2. The number of fused-ring (bicyclic) bond motifs is 6. The van der Waals surface area contributed by atoms with E-state index in [-0.39, 0.29) is 35.4 Å². The molecule has 0 saturated carbocycles. The van der Waals surface area contributed by atoms with Gasteiger partial charge >= 0.3 is 0 Å². The number of nitrogens with one attached hydrogen (secondary N) is 1. The van der Waals surface area contributed by atoms with Crippen molar-refractivity contribution < 1.29 is 19.1 Å². The van der Waals surface area contributed by atoms with Crippen LogP contribution in [0.5, 0.6) is 5.75 Å². The molecule has 1 saturated heterocycles. The van der Waals surface area contributed by atoms with Crippen LogP contribution in [0.1, 0.15) is 43.4 Å². The third-order valence-corrected chi connectivity index (χ3v) is 8.95. The highest BCUT2D eigenvalue weighted by molar-refractivity contribution is 6.30. The number of amides is 1. The van der Waals surface area contributed by atoms with Crippen LogP contribution in [0.2, 0.25) is 5.02 Å². The predicted molar refractivity (Wildman–Crippen MR) is 162 cm³/mol. The van der Waals surface area contributed by atoms with Crippen LogP contribution in [0.25, 0.3) is 6.08 Å². The number of carbonyl (C=O) groups is 3. The third kappa shape index (κ3) is 3.91. The summed E-state index contributed by atoms with van der Waals surface area (Å²) in [6.07, 6.45) is 3.73. The summed E-state index contributed by atoms with van der Waals surface area (Å²) in [6, 6.07) is 28.5. The minimum Gasteiger partial charge on any atom is -0.478 e. The topological polar surface area (TPSA) is 99.5 Å². The van der Waals surface area contributed by atoms with Gasteiger partial charge in [-0.2, -0.15) is 5.26 Å². The minimum atomic E-state index is -1.45. The molecule has 4 atom stereocenters. The number of hydrogen-bond acceptors (Lipinski definition) is 6. The second-order valence-corrected chi connectivity index (χ2v) is 11.2. The third-order valence-electron chi connectivity index (χ3n) is 8.70. The highest BCUT2D eigenvalue weighted by atomic mass is 35.5. The van der Waals surface area contributed by atoms with Gasteiger partial charge in [0.1, 0.15) is 23.3 Å². The van der Waals surface area contributed by atoms with E-state index >= 15 is 0 Å². The molecule has 4 aromatic carbocycles. The second kappa shape index (κ2) is 10.3. The highest BCUT2D eigenvalue weighted by Gasteiger charge is 2.70. The maximum absolute atomic E-state index is 14.8. The number of Topliss-reactive ketones (excluding diaryl/α,β-unsaturated/α-hetero) is 2. The van der Waals surface area contributed by atoms with Crippen LogP contribution in [-0.2, 0) is 10.2 Å². The van der Waals surface area contributed by atoms with Crippen molar-refractivity contribution in [3.63, 3.8) is 0 Å². The quantitative estimate of drug-likeness (QED) is 0.270. The fraction of sp³-hybridized carbons (Fsp3) is 0.143. The van der Waals surface area contributed by atoms with E-state index in [1.807, 2.05) is 71.8 Å². The molecule has 3 aliphatic heterocycles. The molecule has 1 spiro atoms. The average molecular weight is 586 g/mol. The first kappa shape index (κ1) is 26.7. The van der Waals surface area contributed by atoms with Crippen molar-refractivity contribution in [2.24, 2.45) is 5.92 Å². The van der Waals surface area contributed by atoms with Gasteiger partial charge in [0.25, 0.3) is 0 Å². The Morgan fingerprint density at radius 2 is 1.65 bits per heavy atom. The summed E-state index contributed by atoms with van der Waals surface area (Å²) in [5.74, 6) is -1.97. The van der Waals surface area contributed by atoms with Crippen molar-refractivity contribution in [2.45, 2.75) is 17.5 Å². The van der Waals surface area contributed by atoms with Crippen molar-refractivity contribution in [3.8, 4) is 11.8 Å². The standard InChI is InChI=1S/C35H24ClN3O4/c36-23-15-13-22(14-16-23)31(40)29-30(32(41)25-9-3-6-12-28(25)43-20-18-37)39-19-17-21-7-1-2-8-24(21)33(39)35(29)26-10-4-5-11-27(26)38-34(35)42/h1-17,19,29-30,33H,20H2,(H,38,42)/t29-,30+,33+,35+/m1/s1. The molecular formula is C35H24ClN3O4. The summed E-state index contributed by atoms with van der Waals surface area (Å²) >= 11 is 6.18. The lowest BCUT2D eigenvalue weighted by atomic mass is 9.62. The molecule has 0 aromatic heterocycles. The maximum Gasteiger partial charge on any atom is 0.238 e. The molecule has 43 heavy (non-hydrogen) atoms. The Bertz CT molecular complexity index is 1880. The number of halogens is 1. The highest BCUT2D eigenvalue weighted by Crippen LogP contribution is 2.62. The Labute approximate surface area is 253 Å². The molecule has 0 unspecified atom stereocenters. The molecular weight excluding hydrogens is 562 g/mol. The second-order valence-electron chi connectivity index (χ2n) is 10.8. The van der Waals surface area contributed by atoms with Crippen LogP contribution >= 0.6 is 11.6 Å². The number of anilines is 1. The van der Waals surface area contributed by atoms with Crippen LogP contribution in [-0.4, -0.2) is 35.0 Å². The Balaban J connectivity index is 1.52. The molecule has 0 aliphatic carbocycles. The lowest BCUT2D eigenvalue weighted by molar-refractivity contribution is -0.122. The lowest BCUT2D eigenvalue weighted by Crippen LogP contribution is -2.49. The molecule has 210 valence electrons. The summed E-state index contributed by atoms with van der Waals surface area (Å²) in [4.78, 5) is 46.0. The number of hydrogen-bond donors (Lipinski definition) is 1. The smallest absolute Gasteiger partial charge is 0.238 e. The van der Waals surface area contributed by atoms with Gasteiger partial charge in [0.15, 0.2) is 18.2 Å². The van der Waals surface area contributed by atoms with Crippen molar-refractivity contribution in [1.82, 2.24) is 4.90 Å². The first-order chi connectivity index (χ1) is 21.0. The Morgan fingerprint density at radius 3 is 2.47 bits per heavy atom. The molecule has 7 rings (SSSR count). The molecule has 1 N–H and O–H groups in total. The Kier molecular flexibility index (Phi) is 6.37. The summed E-state index contributed by atoms with van der Waals surface area (Å²) in [5, 5.41) is 12.7. The van der Waals surface area contributed by atoms with E-state index in [2.05, 4.69) is 5.32 Å². The summed E-state index contributed by atoms with van der Waals surface area (Å²) < 4.78 is 5.65. The molecule has 0 radical (unpaired) electrons. The number of nitriles is 1. The van der Waals surface area contributed by atoms with Gasteiger partial charge in [0, 0.05) is 22.5 Å². The summed E-state index contributed by atoms with van der Waals surface area (Å²) in [5.41, 5.74) is 2.15. The fourth-order valence-electron chi connectivity index (χ4n) is 7.03. The number of nitrogens with zero attached hydrogens (tertiary/aromatic N) is 2. The number of benzene rings is 4. The van der Waals surface area contributed by atoms with Crippen LogP contribution < -0.4 is 10.1 Å². The van der Waals surface area contributed by atoms with Crippen LogP contribution in [0, 0.1) is 17.2 Å². The van der Waals surface area contributed by atoms with Crippen LogP contribution in [0.3, 0.4) is 0 Å². The summed E-state index contributed by atoms with van der Waals surface area (Å²) in [7, 11) is 0. The van der Waals surface area contributed by atoms with Gasteiger partial charge in [-0.1, -0.05) is 66.2 Å². The molecule has 7 nitrogen and oxygen atoms in total. The number of ether oxygens (including phenoxy) is 1. The van der Waals surface area contributed by atoms with Gasteiger partial charge in [-0.25, -0.2) is 0 Å². The molecule has 1 amide bonds. The average Bonchev–Trinajstić information content (AvgIpc) is 3.52. The number of rotatable bonds is 6. The monoisotopic (exact) mass is 585 g/mol. The van der Waals surface area contributed by atoms with E-state index in [1.165, 1.54) is 0 Å². The SMILES string of the molecule is N#CCOc1ccccc1C(=O)[C@@H]1[C@H](C(=O)c2ccc(Cl)cc2)[C@]2(C(=O)Nc3ccccc32)[C@@H]2c3ccccc3C=CN12. The molecule has 8 heteroatoms. The van der Waals surface area contributed by atoms with Gasteiger partial charge in [0.2, 0.25) is 5.91 Å². The fourth-order valence-corrected chi connectivity index (χ4v) is 7.15. The van der Waals surface area contributed by atoms with Crippen molar-refractivity contribution in [3.05, 3.63) is 136 Å². The Morgan fingerprint density at radius 1 is 0.930 bits per heavy atom. The van der Waals surface area contributed by atoms with Gasteiger partial charge in [-0.15, -0.1) is 0 Å². The molecule has 4 aromatic rings. The number of carbonyl (C=O) groups excluding carboxylic acids is 3. The normalized spacial score (nSPS) is 22.7. The largest absolute Gasteiger partial charge is 0.478 e. The zero-order valence-electron chi connectivity index (χ0n) is 22.7. The Hall–Kier alpha value is -5.19. The predicted octanol–water partition coefficient (Wildman–Crippen LogP) is 6.22. The van der Waals surface area contributed by atoms with Gasteiger partial charge < -0.3 is 15.0 Å². The zero-order chi connectivity index (χ0) is 29.7. The molecule has 0 bridgehead atoms. The molecule has 3 heterocycles. The van der Waals surface area contributed by atoms with Gasteiger partial charge in [0.05, 0.1) is 17.5 Å². The van der Waals surface area contributed by atoms with E-state index in [0.717, 1.165) is 11.1 Å². The van der Waals surface area contributed by atoms with E-state index in [1.54, 1.807) is 48.5 Å². The van der Waals surface area contributed by atoms with E-state index in [4.69, 9.17) is 21.6 Å². The lowest BCUT2D eigenvalue weighted by Gasteiger charge is -2.38. The van der Waals surface area contributed by atoms with E-state index in [9.17, 15) is 14.4 Å².